The lowest BCUT2D eigenvalue weighted by molar-refractivity contribution is 0.266. The van der Waals surface area contributed by atoms with Gasteiger partial charge in [0, 0.05) is 29.7 Å². The standard InChI is InChI=1S/C10H20ClNO2S2/c1-2-16(13,14)10-9-15-8-7-12(10)6-4-3-5-11/h10H,2-9H2,1H3. The lowest BCUT2D eigenvalue weighted by Gasteiger charge is -2.34. The van der Waals surface area contributed by atoms with Crippen LogP contribution in [-0.2, 0) is 9.84 Å². The molecule has 0 saturated carbocycles. The molecular formula is C10H20ClNO2S2. The van der Waals surface area contributed by atoms with E-state index in [-0.39, 0.29) is 11.1 Å². The predicted octanol–water partition coefficient (Wildman–Crippen LogP) is 1.81. The Morgan fingerprint density at radius 2 is 2.19 bits per heavy atom. The number of alkyl halides is 1. The van der Waals surface area contributed by atoms with Gasteiger partial charge in [0.05, 0.1) is 0 Å². The fourth-order valence-corrected chi connectivity index (χ4v) is 5.10. The molecule has 0 amide bonds. The quantitative estimate of drug-likeness (QED) is 0.551. The van der Waals surface area contributed by atoms with Gasteiger partial charge in [-0.05, 0) is 19.4 Å². The van der Waals surface area contributed by atoms with Crippen LogP contribution in [0.15, 0.2) is 0 Å². The Hall–Kier alpha value is 0.550. The first-order valence-electron chi connectivity index (χ1n) is 5.71. The van der Waals surface area contributed by atoms with Crippen LogP contribution in [0, 0.1) is 0 Å². The maximum atomic E-state index is 11.9. The molecule has 0 radical (unpaired) electrons. The number of sulfone groups is 1. The summed E-state index contributed by atoms with van der Waals surface area (Å²) < 4.78 is 23.8. The van der Waals surface area contributed by atoms with E-state index in [1.165, 1.54) is 0 Å². The molecule has 0 aromatic rings. The molecule has 16 heavy (non-hydrogen) atoms. The number of nitrogens with zero attached hydrogens (tertiary/aromatic N) is 1. The first-order chi connectivity index (χ1) is 7.61. The van der Waals surface area contributed by atoms with Crippen LogP contribution in [0.5, 0.6) is 0 Å². The summed E-state index contributed by atoms with van der Waals surface area (Å²) in [5.74, 6) is 2.66. The zero-order chi connectivity index (χ0) is 12.0. The minimum absolute atomic E-state index is 0.240. The van der Waals surface area contributed by atoms with Crippen LogP contribution >= 0.6 is 23.4 Å². The van der Waals surface area contributed by atoms with Crippen molar-refractivity contribution in [3.63, 3.8) is 0 Å². The van der Waals surface area contributed by atoms with E-state index in [1.807, 2.05) is 0 Å². The Bertz CT molecular complexity index is 295. The molecule has 1 fully saturated rings. The van der Waals surface area contributed by atoms with E-state index >= 15 is 0 Å². The van der Waals surface area contributed by atoms with Crippen molar-refractivity contribution in [2.24, 2.45) is 0 Å². The Morgan fingerprint density at radius 1 is 1.44 bits per heavy atom. The monoisotopic (exact) mass is 285 g/mol. The molecule has 1 heterocycles. The molecule has 0 aliphatic carbocycles. The highest BCUT2D eigenvalue weighted by atomic mass is 35.5. The number of rotatable bonds is 6. The van der Waals surface area contributed by atoms with Gasteiger partial charge in [0.2, 0.25) is 0 Å². The average molecular weight is 286 g/mol. The number of halogens is 1. The van der Waals surface area contributed by atoms with Crippen LogP contribution in [0.25, 0.3) is 0 Å². The van der Waals surface area contributed by atoms with E-state index in [1.54, 1.807) is 18.7 Å². The van der Waals surface area contributed by atoms with Crippen molar-refractivity contribution in [1.29, 1.82) is 0 Å². The lowest BCUT2D eigenvalue weighted by atomic mass is 10.3. The van der Waals surface area contributed by atoms with Crippen molar-refractivity contribution < 1.29 is 8.42 Å². The van der Waals surface area contributed by atoms with Gasteiger partial charge < -0.3 is 0 Å². The molecule has 0 aromatic heterocycles. The molecule has 0 bridgehead atoms. The van der Waals surface area contributed by atoms with Crippen LogP contribution < -0.4 is 0 Å². The van der Waals surface area contributed by atoms with E-state index in [4.69, 9.17) is 11.6 Å². The molecule has 6 heteroatoms. The minimum atomic E-state index is -2.94. The van der Waals surface area contributed by atoms with Crippen LogP contribution in [0.2, 0.25) is 0 Å². The highest BCUT2D eigenvalue weighted by molar-refractivity contribution is 8.01. The Morgan fingerprint density at radius 3 is 2.81 bits per heavy atom. The first kappa shape index (κ1) is 14.6. The van der Waals surface area contributed by atoms with Gasteiger partial charge in [-0.25, -0.2) is 8.42 Å². The molecule has 0 spiro atoms. The fourth-order valence-electron chi connectivity index (χ4n) is 1.80. The molecule has 1 rings (SSSR count). The van der Waals surface area contributed by atoms with Crippen molar-refractivity contribution in [3.05, 3.63) is 0 Å². The third-order valence-corrected chi connectivity index (χ3v) is 6.44. The normalized spacial score (nSPS) is 23.5. The van der Waals surface area contributed by atoms with Crippen molar-refractivity contribution in [3.8, 4) is 0 Å². The van der Waals surface area contributed by atoms with Gasteiger partial charge in [-0.2, -0.15) is 11.8 Å². The largest absolute Gasteiger partial charge is 0.286 e. The van der Waals surface area contributed by atoms with Gasteiger partial charge in [-0.15, -0.1) is 11.6 Å². The van der Waals surface area contributed by atoms with Gasteiger partial charge in [-0.1, -0.05) is 6.92 Å². The third kappa shape index (κ3) is 4.09. The van der Waals surface area contributed by atoms with Gasteiger partial charge in [0.25, 0.3) is 0 Å². The second kappa shape index (κ2) is 7.09. The summed E-state index contributed by atoms with van der Waals surface area (Å²) in [5, 5.41) is -0.272. The SMILES string of the molecule is CCS(=O)(=O)C1CSCCN1CCCCCl. The molecule has 3 nitrogen and oxygen atoms in total. The van der Waals surface area contributed by atoms with Gasteiger partial charge >= 0.3 is 0 Å². The van der Waals surface area contributed by atoms with E-state index in [0.717, 1.165) is 37.4 Å². The second-order valence-corrected chi connectivity index (χ2v) is 7.89. The first-order valence-corrected chi connectivity index (χ1v) is 9.11. The summed E-state index contributed by atoms with van der Waals surface area (Å²) >= 11 is 7.37. The highest BCUT2D eigenvalue weighted by Crippen LogP contribution is 2.21. The molecule has 1 aliphatic heterocycles. The van der Waals surface area contributed by atoms with Gasteiger partial charge in [0.1, 0.15) is 5.37 Å². The van der Waals surface area contributed by atoms with Crippen LogP contribution in [0.3, 0.4) is 0 Å². The highest BCUT2D eigenvalue weighted by Gasteiger charge is 2.32. The van der Waals surface area contributed by atoms with Crippen LogP contribution in [0.1, 0.15) is 19.8 Å². The average Bonchev–Trinajstić information content (AvgIpc) is 2.30. The maximum Gasteiger partial charge on any atom is 0.166 e. The number of thioether (sulfide) groups is 1. The van der Waals surface area contributed by atoms with Gasteiger partial charge in [0.15, 0.2) is 9.84 Å². The summed E-state index contributed by atoms with van der Waals surface area (Å²) in [6.45, 7) is 3.47. The van der Waals surface area contributed by atoms with Crippen molar-refractivity contribution in [2.75, 3.05) is 36.2 Å². The molecule has 96 valence electrons. The Kier molecular flexibility index (Phi) is 6.47. The molecule has 0 aromatic carbocycles. The second-order valence-electron chi connectivity index (χ2n) is 3.91. The van der Waals surface area contributed by atoms with E-state index in [0.29, 0.717) is 5.88 Å². The summed E-state index contributed by atoms with van der Waals surface area (Å²) in [7, 11) is -2.94. The fraction of sp³-hybridized carbons (Fsp3) is 1.00. The zero-order valence-electron chi connectivity index (χ0n) is 9.69. The van der Waals surface area contributed by atoms with Crippen molar-refractivity contribution in [1.82, 2.24) is 4.90 Å². The summed E-state index contributed by atoms with van der Waals surface area (Å²) in [5.41, 5.74) is 0. The van der Waals surface area contributed by atoms with Crippen molar-refractivity contribution in [2.45, 2.75) is 25.1 Å². The molecule has 1 unspecified atom stereocenters. The van der Waals surface area contributed by atoms with E-state index < -0.39 is 9.84 Å². The summed E-state index contributed by atoms with van der Waals surface area (Å²) in [6.07, 6.45) is 1.95. The molecule has 1 aliphatic rings. The number of hydrogen-bond donors (Lipinski definition) is 0. The van der Waals surface area contributed by atoms with Gasteiger partial charge in [-0.3, -0.25) is 4.90 Å². The Labute approximate surface area is 108 Å². The topological polar surface area (TPSA) is 37.4 Å². The zero-order valence-corrected chi connectivity index (χ0v) is 12.1. The molecular weight excluding hydrogens is 266 g/mol. The van der Waals surface area contributed by atoms with Crippen LogP contribution in [0.4, 0.5) is 0 Å². The predicted molar refractivity (Wildman–Crippen MR) is 72.1 cm³/mol. The maximum absolute atomic E-state index is 11.9. The lowest BCUT2D eigenvalue weighted by Crippen LogP contribution is -2.48. The summed E-state index contributed by atoms with van der Waals surface area (Å²) in [4.78, 5) is 2.11. The number of hydrogen-bond acceptors (Lipinski definition) is 4. The summed E-state index contributed by atoms with van der Waals surface area (Å²) in [6, 6.07) is 0. The van der Waals surface area contributed by atoms with Crippen LogP contribution in [-0.4, -0.2) is 54.9 Å². The molecule has 1 saturated heterocycles. The van der Waals surface area contributed by atoms with E-state index in [9.17, 15) is 8.42 Å². The van der Waals surface area contributed by atoms with Crippen molar-refractivity contribution >= 4 is 33.2 Å². The number of unbranched alkanes of at least 4 members (excludes halogenated alkanes) is 1. The minimum Gasteiger partial charge on any atom is -0.286 e. The third-order valence-electron chi connectivity index (χ3n) is 2.84. The Balaban J connectivity index is 2.57. The smallest absolute Gasteiger partial charge is 0.166 e. The molecule has 1 atom stereocenters. The molecule has 0 N–H and O–H groups in total. The van der Waals surface area contributed by atoms with E-state index in [2.05, 4.69) is 4.90 Å².